The van der Waals surface area contributed by atoms with E-state index in [0.29, 0.717) is 6.61 Å². The number of ether oxygens (including phenoxy) is 2. The van der Waals surface area contributed by atoms with Gasteiger partial charge in [-0.3, -0.25) is 11.3 Å². The topological polar surface area (TPSA) is 56.5 Å². The van der Waals surface area contributed by atoms with Gasteiger partial charge in [0, 0.05) is 12.2 Å². The largest absolute Gasteiger partial charge is 0.496 e. The van der Waals surface area contributed by atoms with Gasteiger partial charge in [0.15, 0.2) is 0 Å². The second kappa shape index (κ2) is 7.27. The summed E-state index contributed by atoms with van der Waals surface area (Å²) < 4.78 is 11.0. The van der Waals surface area contributed by atoms with Crippen molar-refractivity contribution in [2.24, 2.45) is 5.84 Å². The summed E-state index contributed by atoms with van der Waals surface area (Å²) in [4.78, 5) is 0. The Morgan fingerprint density at radius 2 is 2.00 bits per heavy atom. The van der Waals surface area contributed by atoms with Crippen molar-refractivity contribution in [3.8, 4) is 5.75 Å². The van der Waals surface area contributed by atoms with Gasteiger partial charge in [0.25, 0.3) is 0 Å². The Labute approximate surface area is 103 Å². The number of hydrogen-bond acceptors (Lipinski definition) is 4. The molecular formula is C13H22N2O2. The van der Waals surface area contributed by atoms with E-state index in [9.17, 15) is 0 Å². The van der Waals surface area contributed by atoms with Gasteiger partial charge in [-0.25, -0.2) is 0 Å². The predicted molar refractivity (Wildman–Crippen MR) is 68.8 cm³/mol. The maximum Gasteiger partial charge on any atom is 0.123 e. The monoisotopic (exact) mass is 238 g/mol. The van der Waals surface area contributed by atoms with Gasteiger partial charge in [0.05, 0.1) is 19.3 Å². The van der Waals surface area contributed by atoms with Gasteiger partial charge < -0.3 is 9.47 Å². The quantitative estimate of drug-likeness (QED) is 0.563. The van der Waals surface area contributed by atoms with Crippen LogP contribution in [0.2, 0.25) is 0 Å². The number of methoxy groups -OCH3 is 1. The average molecular weight is 238 g/mol. The first-order valence-electron chi connectivity index (χ1n) is 5.99. The first-order chi connectivity index (χ1) is 8.28. The summed E-state index contributed by atoms with van der Waals surface area (Å²) in [7, 11) is 1.66. The molecule has 0 fully saturated rings. The van der Waals surface area contributed by atoms with Crippen molar-refractivity contribution < 1.29 is 9.47 Å². The normalized spacial score (nSPS) is 14.4. The Balaban J connectivity index is 2.98. The number of para-hydroxylation sites is 1. The van der Waals surface area contributed by atoms with E-state index in [1.54, 1.807) is 7.11 Å². The molecule has 4 nitrogen and oxygen atoms in total. The molecule has 1 aromatic rings. The van der Waals surface area contributed by atoms with Crippen LogP contribution in [-0.2, 0) is 4.74 Å². The van der Waals surface area contributed by atoms with E-state index in [0.717, 1.165) is 17.7 Å². The van der Waals surface area contributed by atoms with Crippen molar-refractivity contribution >= 4 is 0 Å². The highest BCUT2D eigenvalue weighted by molar-refractivity contribution is 5.36. The molecule has 0 amide bonds. The van der Waals surface area contributed by atoms with Gasteiger partial charge in [-0.05, 0) is 19.4 Å². The van der Waals surface area contributed by atoms with Crippen LogP contribution in [0.3, 0.4) is 0 Å². The molecule has 1 rings (SSSR count). The highest BCUT2D eigenvalue weighted by Crippen LogP contribution is 2.28. The number of nitrogens with two attached hydrogens (primary N) is 1. The molecule has 0 spiro atoms. The second-order valence-corrected chi connectivity index (χ2v) is 3.79. The van der Waals surface area contributed by atoms with Crippen molar-refractivity contribution in [3.63, 3.8) is 0 Å². The smallest absolute Gasteiger partial charge is 0.123 e. The zero-order valence-corrected chi connectivity index (χ0v) is 10.8. The van der Waals surface area contributed by atoms with Gasteiger partial charge in [-0.2, -0.15) is 0 Å². The van der Waals surface area contributed by atoms with E-state index in [1.807, 2.05) is 31.2 Å². The van der Waals surface area contributed by atoms with Crippen molar-refractivity contribution in [3.05, 3.63) is 29.8 Å². The van der Waals surface area contributed by atoms with Crippen molar-refractivity contribution in [1.82, 2.24) is 5.43 Å². The lowest BCUT2D eigenvalue weighted by Gasteiger charge is -2.27. The summed E-state index contributed by atoms with van der Waals surface area (Å²) in [5.74, 6) is 6.48. The van der Waals surface area contributed by atoms with Gasteiger partial charge in [-0.1, -0.05) is 25.1 Å². The van der Waals surface area contributed by atoms with Crippen LogP contribution in [0.5, 0.6) is 5.75 Å². The predicted octanol–water partition coefficient (Wildman–Crippen LogP) is 2.01. The molecule has 1 aromatic carbocycles. The van der Waals surface area contributed by atoms with E-state index in [1.165, 1.54) is 0 Å². The highest BCUT2D eigenvalue weighted by Gasteiger charge is 2.23. The highest BCUT2D eigenvalue weighted by atomic mass is 16.5. The van der Waals surface area contributed by atoms with Crippen LogP contribution in [0, 0.1) is 0 Å². The Hall–Kier alpha value is -1.10. The van der Waals surface area contributed by atoms with E-state index < -0.39 is 0 Å². The molecule has 0 saturated heterocycles. The maximum absolute atomic E-state index is 5.70. The molecule has 4 heteroatoms. The lowest BCUT2D eigenvalue weighted by molar-refractivity contribution is 0.0308. The summed E-state index contributed by atoms with van der Waals surface area (Å²) in [6.45, 7) is 4.74. The van der Waals surface area contributed by atoms with E-state index in [4.69, 9.17) is 15.3 Å². The van der Waals surface area contributed by atoms with Gasteiger partial charge >= 0.3 is 0 Å². The molecule has 2 atom stereocenters. The van der Waals surface area contributed by atoms with Crippen molar-refractivity contribution in [1.29, 1.82) is 0 Å². The Kier molecular flexibility index (Phi) is 5.97. The van der Waals surface area contributed by atoms with Gasteiger partial charge in [0.1, 0.15) is 5.75 Å². The molecule has 96 valence electrons. The fourth-order valence-corrected chi connectivity index (χ4v) is 1.98. The molecule has 2 unspecified atom stereocenters. The molecule has 0 aliphatic carbocycles. The van der Waals surface area contributed by atoms with Crippen LogP contribution < -0.4 is 16.0 Å². The SMILES string of the molecule is CCOC(CC)C(NN)c1ccccc1OC. The number of benzene rings is 1. The maximum atomic E-state index is 5.70. The third kappa shape index (κ3) is 3.43. The first kappa shape index (κ1) is 14.0. The second-order valence-electron chi connectivity index (χ2n) is 3.79. The summed E-state index contributed by atoms with van der Waals surface area (Å²) in [6, 6.07) is 7.79. The molecule has 17 heavy (non-hydrogen) atoms. The van der Waals surface area contributed by atoms with Gasteiger partial charge in [-0.15, -0.1) is 0 Å². The number of hydrazine groups is 1. The minimum absolute atomic E-state index is 0.0429. The molecule has 0 aliphatic rings. The number of rotatable bonds is 7. The molecule has 0 aromatic heterocycles. The molecule has 3 N–H and O–H groups in total. The number of hydrogen-bond donors (Lipinski definition) is 2. The first-order valence-corrected chi connectivity index (χ1v) is 5.99. The van der Waals surface area contributed by atoms with Crippen molar-refractivity contribution in [2.75, 3.05) is 13.7 Å². The third-order valence-corrected chi connectivity index (χ3v) is 2.81. The standard InChI is InChI=1S/C13H22N2O2/c1-4-11(17-5-2)13(15-14)10-8-6-7-9-12(10)16-3/h6-9,11,13,15H,4-5,14H2,1-3H3. The molecule has 0 radical (unpaired) electrons. The van der Waals surface area contributed by atoms with Crippen LogP contribution in [0.1, 0.15) is 31.9 Å². The lowest BCUT2D eigenvalue weighted by Crippen LogP contribution is -2.38. The summed E-state index contributed by atoms with van der Waals surface area (Å²) in [6.07, 6.45) is 0.933. The minimum Gasteiger partial charge on any atom is -0.496 e. The summed E-state index contributed by atoms with van der Waals surface area (Å²) >= 11 is 0. The molecule has 0 saturated carbocycles. The van der Waals surface area contributed by atoms with E-state index in [2.05, 4.69) is 12.3 Å². The minimum atomic E-state index is -0.0592. The third-order valence-electron chi connectivity index (χ3n) is 2.81. The van der Waals surface area contributed by atoms with Crippen LogP contribution in [0.25, 0.3) is 0 Å². The van der Waals surface area contributed by atoms with Gasteiger partial charge in [0.2, 0.25) is 0 Å². The molecule has 0 bridgehead atoms. The zero-order chi connectivity index (χ0) is 12.7. The fourth-order valence-electron chi connectivity index (χ4n) is 1.98. The fraction of sp³-hybridized carbons (Fsp3) is 0.538. The molecular weight excluding hydrogens is 216 g/mol. The van der Waals surface area contributed by atoms with Crippen LogP contribution in [0.4, 0.5) is 0 Å². The van der Waals surface area contributed by atoms with Crippen LogP contribution in [-0.4, -0.2) is 19.8 Å². The zero-order valence-electron chi connectivity index (χ0n) is 10.8. The summed E-state index contributed by atoms with van der Waals surface area (Å²) in [5, 5.41) is 0. The van der Waals surface area contributed by atoms with E-state index >= 15 is 0 Å². The van der Waals surface area contributed by atoms with Crippen LogP contribution in [0.15, 0.2) is 24.3 Å². The molecule has 0 heterocycles. The Morgan fingerprint density at radius 1 is 1.29 bits per heavy atom. The average Bonchev–Trinajstić information content (AvgIpc) is 2.39. The summed E-state index contributed by atoms with van der Waals surface area (Å²) in [5.41, 5.74) is 3.85. The molecule has 0 aliphatic heterocycles. The Morgan fingerprint density at radius 3 is 2.53 bits per heavy atom. The Bertz CT molecular complexity index is 331. The lowest BCUT2D eigenvalue weighted by atomic mass is 9.99. The van der Waals surface area contributed by atoms with Crippen molar-refractivity contribution in [2.45, 2.75) is 32.4 Å². The van der Waals surface area contributed by atoms with Crippen LogP contribution >= 0.6 is 0 Å². The number of nitrogens with one attached hydrogen (secondary N) is 1. The van der Waals surface area contributed by atoms with E-state index in [-0.39, 0.29) is 12.1 Å².